The number of aliphatic imine (C=N–C) groups is 1. The average Bonchev–Trinajstić information content (AvgIpc) is 2.77. The highest BCUT2D eigenvalue weighted by atomic mass is 15.2. The number of nitrogens with one attached hydrogen (secondary N) is 1. The van der Waals surface area contributed by atoms with Gasteiger partial charge in [-0.3, -0.25) is 9.98 Å². The van der Waals surface area contributed by atoms with Crippen LogP contribution in [0.15, 0.2) is 78.0 Å². The molecule has 0 radical (unpaired) electrons. The topological polar surface area (TPSA) is 40.5 Å². The van der Waals surface area contributed by atoms with E-state index in [0.717, 1.165) is 41.2 Å². The Hall–Kier alpha value is -3.14. The zero-order valence-corrected chi connectivity index (χ0v) is 19.4. The molecule has 2 heterocycles. The van der Waals surface area contributed by atoms with Gasteiger partial charge in [-0.05, 0) is 56.7 Å². The van der Waals surface area contributed by atoms with E-state index in [4.69, 9.17) is 4.99 Å². The lowest BCUT2D eigenvalue weighted by Crippen LogP contribution is -2.38. The van der Waals surface area contributed by atoms with Gasteiger partial charge >= 0.3 is 0 Å². The van der Waals surface area contributed by atoms with Crippen molar-refractivity contribution in [3.05, 3.63) is 95.2 Å². The fourth-order valence-electron chi connectivity index (χ4n) is 3.68. The second kappa shape index (κ2) is 10.3. The van der Waals surface area contributed by atoms with Crippen LogP contribution in [0, 0.1) is 19.8 Å². The highest BCUT2D eigenvalue weighted by Crippen LogP contribution is 2.29. The fourth-order valence-corrected chi connectivity index (χ4v) is 3.68. The van der Waals surface area contributed by atoms with Crippen LogP contribution in [0.1, 0.15) is 49.4 Å². The molecule has 0 bridgehead atoms. The first-order valence-corrected chi connectivity index (χ1v) is 11.1. The lowest BCUT2D eigenvalue weighted by molar-refractivity contribution is 0.474. The highest BCUT2D eigenvalue weighted by Gasteiger charge is 2.25. The first kappa shape index (κ1) is 22.5. The quantitative estimate of drug-likeness (QED) is 0.603. The van der Waals surface area contributed by atoms with Crippen molar-refractivity contribution in [3.63, 3.8) is 0 Å². The number of nitrogens with zero attached hydrogens (tertiary/aromatic N) is 3. The molecule has 1 atom stereocenters. The number of rotatable bonds is 7. The van der Waals surface area contributed by atoms with Crippen LogP contribution in [-0.2, 0) is 6.42 Å². The molecule has 1 aliphatic heterocycles. The first-order valence-electron chi connectivity index (χ1n) is 11.1. The summed E-state index contributed by atoms with van der Waals surface area (Å²) in [4.78, 5) is 11.5. The van der Waals surface area contributed by atoms with Gasteiger partial charge in [-0.1, -0.05) is 56.3 Å². The zero-order chi connectivity index (χ0) is 22.4. The summed E-state index contributed by atoms with van der Waals surface area (Å²) in [6, 6.07) is 10.8. The number of pyridine rings is 1. The molecule has 1 aliphatic rings. The molecule has 4 nitrogen and oxygen atoms in total. The second-order valence-electron chi connectivity index (χ2n) is 8.22. The van der Waals surface area contributed by atoms with E-state index in [1.165, 1.54) is 16.8 Å². The van der Waals surface area contributed by atoms with Gasteiger partial charge in [-0.25, -0.2) is 0 Å². The molecule has 1 aromatic heterocycles. The summed E-state index contributed by atoms with van der Waals surface area (Å²) in [7, 11) is 0. The number of hydrogen-bond donors (Lipinski definition) is 1. The van der Waals surface area contributed by atoms with Gasteiger partial charge < -0.3 is 10.2 Å². The number of aryl methyl sites for hydroxylation is 2. The normalized spacial score (nSPS) is 16.9. The van der Waals surface area contributed by atoms with E-state index in [2.05, 4.69) is 99.0 Å². The molecule has 0 amide bonds. The predicted molar refractivity (Wildman–Crippen MR) is 131 cm³/mol. The minimum Gasteiger partial charge on any atom is -0.337 e. The number of benzene rings is 1. The molecule has 0 saturated heterocycles. The first-order chi connectivity index (χ1) is 14.9. The van der Waals surface area contributed by atoms with Crippen molar-refractivity contribution < 1.29 is 0 Å². The Bertz CT molecular complexity index is 1010. The van der Waals surface area contributed by atoms with Gasteiger partial charge in [0.2, 0.25) is 0 Å². The van der Waals surface area contributed by atoms with Crippen molar-refractivity contribution in [3.8, 4) is 0 Å². The van der Waals surface area contributed by atoms with Gasteiger partial charge in [0, 0.05) is 36.4 Å². The molecule has 31 heavy (non-hydrogen) atoms. The standard InChI is InChI=1S/C27H34N4/c1-7-21(5)26(8-2)31-18-25(24-15-20(4)16-28-17-24)30-27(22(31)6)29-14-13-23-11-9-19(3)10-12-23/h8-12,15-18,21H,6-7,13-14H2,1-5H3,(H,29,30)/b26-8-. The third-order valence-corrected chi connectivity index (χ3v) is 5.74. The fraction of sp³-hybridized carbons (Fsp3) is 0.333. The number of amidine groups is 1. The molecule has 1 aromatic carbocycles. The number of aromatic nitrogens is 1. The Balaban J connectivity index is 1.91. The van der Waals surface area contributed by atoms with E-state index in [1.54, 1.807) is 0 Å². The van der Waals surface area contributed by atoms with Crippen LogP contribution in [0.4, 0.5) is 0 Å². The van der Waals surface area contributed by atoms with Crippen LogP contribution in [0.5, 0.6) is 0 Å². The maximum absolute atomic E-state index is 4.91. The maximum atomic E-state index is 4.91. The molecule has 0 fully saturated rings. The molecule has 0 aliphatic carbocycles. The van der Waals surface area contributed by atoms with Crippen LogP contribution < -0.4 is 5.32 Å². The largest absolute Gasteiger partial charge is 0.337 e. The Kier molecular flexibility index (Phi) is 7.45. The van der Waals surface area contributed by atoms with Crippen molar-refractivity contribution in [2.24, 2.45) is 10.9 Å². The lowest BCUT2D eigenvalue weighted by Gasteiger charge is -2.35. The third-order valence-electron chi connectivity index (χ3n) is 5.74. The van der Waals surface area contributed by atoms with Crippen molar-refractivity contribution in [2.75, 3.05) is 6.54 Å². The van der Waals surface area contributed by atoms with Crippen LogP contribution in [0.2, 0.25) is 0 Å². The van der Waals surface area contributed by atoms with E-state index in [0.29, 0.717) is 12.5 Å². The number of allylic oxidation sites excluding steroid dienone is 2. The van der Waals surface area contributed by atoms with E-state index in [9.17, 15) is 0 Å². The minimum atomic E-state index is 0.418. The van der Waals surface area contributed by atoms with E-state index < -0.39 is 0 Å². The van der Waals surface area contributed by atoms with E-state index in [-0.39, 0.29) is 0 Å². The van der Waals surface area contributed by atoms with E-state index in [1.807, 2.05) is 12.4 Å². The summed E-state index contributed by atoms with van der Waals surface area (Å²) >= 11 is 0. The summed E-state index contributed by atoms with van der Waals surface area (Å²) < 4.78 is 0. The SMILES string of the molecule is C=C1C(=NCCc2ccc(C)cc2)NC(c2cncc(C)c2)=CN1/C(=C\C)C(C)CC. The van der Waals surface area contributed by atoms with Gasteiger partial charge in [0.15, 0.2) is 0 Å². The van der Waals surface area contributed by atoms with E-state index >= 15 is 0 Å². The predicted octanol–water partition coefficient (Wildman–Crippen LogP) is 6.01. The average molecular weight is 415 g/mol. The molecule has 1 N–H and O–H groups in total. The van der Waals surface area contributed by atoms with Gasteiger partial charge in [-0.15, -0.1) is 0 Å². The number of hydrogen-bond acceptors (Lipinski definition) is 3. The molecule has 3 rings (SSSR count). The smallest absolute Gasteiger partial charge is 0.149 e. The second-order valence-corrected chi connectivity index (χ2v) is 8.22. The highest BCUT2D eigenvalue weighted by molar-refractivity contribution is 6.04. The Labute approximate surface area is 187 Å². The van der Waals surface area contributed by atoms with Gasteiger partial charge in [0.05, 0.1) is 11.4 Å². The maximum Gasteiger partial charge on any atom is 0.149 e. The molecule has 4 heteroatoms. The van der Waals surface area contributed by atoms with Crippen molar-refractivity contribution in [1.29, 1.82) is 0 Å². The Morgan fingerprint density at radius 2 is 1.94 bits per heavy atom. The molecule has 1 unspecified atom stereocenters. The monoisotopic (exact) mass is 414 g/mol. The molecular formula is C27H34N4. The summed E-state index contributed by atoms with van der Waals surface area (Å²) in [5, 5.41) is 3.51. The van der Waals surface area contributed by atoms with Gasteiger partial charge in [-0.2, -0.15) is 0 Å². The summed E-state index contributed by atoms with van der Waals surface area (Å²) in [6.45, 7) is 15.8. The summed E-state index contributed by atoms with van der Waals surface area (Å²) in [5.41, 5.74) is 7.84. The Morgan fingerprint density at radius 1 is 1.19 bits per heavy atom. The van der Waals surface area contributed by atoms with Crippen molar-refractivity contribution in [2.45, 2.75) is 47.5 Å². The lowest BCUT2D eigenvalue weighted by atomic mass is 10.0. The molecule has 2 aromatic rings. The Morgan fingerprint density at radius 3 is 2.58 bits per heavy atom. The van der Waals surface area contributed by atoms with Crippen LogP contribution in [-0.4, -0.2) is 22.3 Å². The summed E-state index contributed by atoms with van der Waals surface area (Å²) in [6.07, 6.45) is 10.0. The van der Waals surface area contributed by atoms with Gasteiger partial charge in [0.1, 0.15) is 5.84 Å². The third kappa shape index (κ3) is 5.52. The zero-order valence-electron chi connectivity index (χ0n) is 19.4. The summed E-state index contributed by atoms with van der Waals surface area (Å²) in [5.74, 6) is 1.23. The van der Waals surface area contributed by atoms with Crippen molar-refractivity contribution in [1.82, 2.24) is 15.2 Å². The molecule has 0 spiro atoms. The van der Waals surface area contributed by atoms with Gasteiger partial charge in [0.25, 0.3) is 0 Å². The molecular weight excluding hydrogens is 380 g/mol. The van der Waals surface area contributed by atoms with Crippen LogP contribution in [0.25, 0.3) is 5.70 Å². The van der Waals surface area contributed by atoms with Crippen molar-refractivity contribution >= 4 is 11.5 Å². The molecule has 162 valence electrons. The minimum absolute atomic E-state index is 0.418. The van der Waals surface area contributed by atoms with Crippen LogP contribution in [0.3, 0.4) is 0 Å². The van der Waals surface area contributed by atoms with Crippen LogP contribution >= 0.6 is 0 Å². The molecule has 0 saturated carbocycles.